The number of aromatic nitrogens is 4. The molecule has 8 nitrogen and oxygen atoms in total. The Bertz CT molecular complexity index is 1230. The summed E-state index contributed by atoms with van der Waals surface area (Å²) in [6, 6.07) is 14.8. The number of fused-ring (bicyclic) bond motifs is 1. The van der Waals surface area contributed by atoms with Crippen molar-refractivity contribution in [1.29, 1.82) is 0 Å². The molecule has 0 fully saturated rings. The molecule has 10 heteroatoms. The molecule has 1 amide bonds. The molecule has 0 saturated heterocycles. The zero-order valence-electron chi connectivity index (χ0n) is 16.4. The van der Waals surface area contributed by atoms with Crippen LogP contribution in [0.2, 0.25) is 5.02 Å². The van der Waals surface area contributed by atoms with E-state index >= 15 is 0 Å². The third-order valence-electron chi connectivity index (χ3n) is 4.39. The summed E-state index contributed by atoms with van der Waals surface area (Å²) in [6.07, 6.45) is 0. The van der Waals surface area contributed by atoms with E-state index in [1.54, 1.807) is 23.8 Å². The SMILES string of the molecule is COc1cccc(-c2nnc3ccc(OCCNC(=O)c4c(F)cccc4Cl)nn23)c1. The molecule has 0 aliphatic rings. The summed E-state index contributed by atoms with van der Waals surface area (Å²) in [7, 11) is 1.59. The van der Waals surface area contributed by atoms with E-state index in [2.05, 4.69) is 20.6 Å². The van der Waals surface area contributed by atoms with Crippen LogP contribution in [0.3, 0.4) is 0 Å². The fourth-order valence-corrected chi connectivity index (χ4v) is 3.16. The Kier molecular flexibility index (Phi) is 5.94. The molecule has 0 aliphatic heterocycles. The number of carbonyl (C=O) groups is 1. The zero-order chi connectivity index (χ0) is 21.8. The molecule has 158 valence electrons. The molecule has 0 radical (unpaired) electrons. The average molecular weight is 442 g/mol. The number of rotatable bonds is 7. The van der Waals surface area contributed by atoms with E-state index in [0.717, 1.165) is 5.56 Å². The highest BCUT2D eigenvalue weighted by Crippen LogP contribution is 2.23. The number of carbonyl (C=O) groups excluding carboxylic acids is 1. The van der Waals surface area contributed by atoms with Crippen molar-refractivity contribution >= 4 is 23.2 Å². The third kappa shape index (κ3) is 4.41. The number of amides is 1. The summed E-state index contributed by atoms with van der Waals surface area (Å²) in [5, 5.41) is 15.3. The second-order valence-electron chi connectivity index (χ2n) is 6.40. The Hall–Kier alpha value is -3.72. The summed E-state index contributed by atoms with van der Waals surface area (Å²) in [5.41, 5.74) is 1.13. The highest BCUT2D eigenvalue weighted by Gasteiger charge is 2.15. The predicted octanol–water partition coefficient (Wildman–Crippen LogP) is 3.40. The standard InChI is InChI=1S/C21H17ClFN5O3/c1-30-14-5-2-4-13(12-14)20-26-25-17-8-9-18(27-28(17)20)31-11-10-24-21(29)19-15(22)6-3-7-16(19)23/h2-9,12H,10-11H2,1H3,(H,24,29). The lowest BCUT2D eigenvalue weighted by atomic mass is 10.2. The molecule has 31 heavy (non-hydrogen) atoms. The van der Waals surface area contributed by atoms with Gasteiger partial charge in [0.2, 0.25) is 5.88 Å². The number of nitrogens with one attached hydrogen (secondary N) is 1. The van der Waals surface area contributed by atoms with Crippen molar-refractivity contribution in [2.45, 2.75) is 0 Å². The first kappa shape index (κ1) is 20.5. The van der Waals surface area contributed by atoms with Crippen LogP contribution >= 0.6 is 11.6 Å². The summed E-state index contributed by atoms with van der Waals surface area (Å²) in [4.78, 5) is 12.2. The lowest BCUT2D eigenvalue weighted by Gasteiger charge is -2.09. The lowest BCUT2D eigenvalue weighted by molar-refractivity contribution is 0.0942. The maximum atomic E-state index is 13.8. The van der Waals surface area contributed by atoms with Crippen LogP contribution in [0.4, 0.5) is 4.39 Å². The van der Waals surface area contributed by atoms with E-state index in [1.165, 1.54) is 18.2 Å². The van der Waals surface area contributed by atoms with Crippen LogP contribution in [0.15, 0.2) is 54.6 Å². The second kappa shape index (κ2) is 8.97. The molecule has 4 rings (SSSR count). The smallest absolute Gasteiger partial charge is 0.255 e. The van der Waals surface area contributed by atoms with Gasteiger partial charge in [0.1, 0.15) is 18.2 Å². The minimum atomic E-state index is -0.685. The Labute approximate surface area is 181 Å². The van der Waals surface area contributed by atoms with Crippen molar-refractivity contribution in [3.05, 3.63) is 71.0 Å². The summed E-state index contributed by atoms with van der Waals surface area (Å²) >= 11 is 5.90. The summed E-state index contributed by atoms with van der Waals surface area (Å²) in [6.45, 7) is 0.251. The number of hydrogen-bond donors (Lipinski definition) is 1. The van der Waals surface area contributed by atoms with Crippen LogP contribution < -0.4 is 14.8 Å². The molecule has 4 aromatic rings. The highest BCUT2D eigenvalue weighted by molar-refractivity contribution is 6.33. The van der Waals surface area contributed by atoms with Gasteiger partial charge < -0.3 is 14.8 Å². The molecule has 0 aliphatic carbocycles. The maximum absolute atomic E-state index is 13.8. The first-order valence-electron chi connectivity index (χ1n) is 9.28. The van der Waals surface area contributed by atoms with Crippen LogP contribution in [0.1, 0.15) is 10.4 Å². The highest BCUT2D eigenvalue weighted by atomic mass is 35.5. The number of ether oxygens (including phenoxy) is 2. The van der Waals surface area contributed by atoms with Gasteiger partial charge in [-0.25, -0.2) is 4.39 Å². The van der Waals surface area contributed by atoms with Gasteiger partial charge in [0.05, 0.1) is 24.2 Å². The fourth-order valence-electron chi connectivity index (χ4n) is 2.91. The van der Waals surface area contributed by atoms with Gasteiger partial charge in [-0.2, -0.15) is 4.52 Å². The molecule has 2 heterocycles. The topological polar surface area (TPSA) is 90.6 Å². The van der Waals surface area contributed by atoms with Crippen LogP contribution in [0, 0.1) is 5.82 Å². The Balaban J connectivity index is 1.43. The van der Waals surface area contributed by atoms with Gasteiger partial charge in [0, 0.05) is 11.6 Å². The first-order valence-corrected chi connectivity index (χ1v) is 9.66. The van der Waals surface area contributed by atoms with Gasteiger partial charge in [-0.15, -0.1) is 15.3 Å². The maximum Gasteiger partial charge on any atom is 0.255 e. The first-order chi connectivity index (χ1) is 15.1. The van der Waals surface area contributed by atoms with Crippen molar-refractivity contribution < 1.29 is 18.7 Å². The molecule has 0 saturated carbocycles. The van der Waals surface area contributed by atoms with Crippen molar-refractivity contribution in [1.82, 2.24) is 25.1 Å². The number of benzene rings is 2. The quantitative estimate of drug-likeness (QED) is 0.442. The van der Waals surface area contributed by atoms with Crippen molar-refractivity contribution in [3.63, 3.8) is 0 Å². The Morgan fingerprint density at radius 3 is 2.81 bits per heavy atom. The van der Waals surface area contributed by atoms with Gasteiger partial charge in [-0.3, -0.25) is 4.79 Å². The largest absolute Gasteiger partial charge is 0.497 e. The van der Waals surface area contributed by atoms with Gasteiger partial charge in [0.15, 0.2) is 11.5 Å². The fraction of sp³-hybridized carbons (Fsp3) is 0.143. The van der Waals surface area contributed by atoms with Crippen molar-refractivity contribution in [3.8, 4) is 23.0 Å². The molecule has 2 aromatic heterocycles. The van der Waals surface area contributed by atoms with Crippen LogP contribution in [0.5, 0.6) is 11.6 Å². The van der Waals surface area contributed by atoms with Gasteiger partial charge in [-0.1, -0.05) is 29.8 Å². The Morgan fingerprint density at radius 2 is 2.00 bits per heavy atom. The molecule has 0 bridgehead atoms. The molecular formula is C21H17ClFN5O3. The average Bonchev–Trinajstić information content (AvgIpc) is 3.20. The number of methoxy groups -OCH3 is 1. The van der Waals surface area contributed by atoms with E-state index < -0.39 is 11.7 Å². The molecule has 0 atom stereocenters. The van der Waals surface area contributed by atoms with Crippen molar-refractivity contribution in [2.24, 2.45) is 0 Å². The summed E-state index contributed by atoms with van der Waals surface area (Å²) in [5.74, 6) is 0.230. The van der Waals surface area contributed by atoms with E-state index in [4.69, 9.17) is 21.1 Å². The molecule has 1 N–H and O–H groups in total. The molecular weight excluding hydrogens is 425 g/mol. The third-order valence-corrected chi connectivity index (χ3v) is 4.71. The minimum Gasteiger partial charge on any atom is -0.497 e. The number of hydrogen-bond acceptors (Lipinski definition) is 6. The monoisotopic (exact) mass is 441 g/mol. The molecule has 0 unspecified atom stereocenters. The van der Waals surface area contributed by atoms with Gasteiger partial charge in [0.25, 0.3) is 5.91 Å². The minimum absolute atomic E-state index is 0.0446. The van der Waals surface area contributed by atoms with Crippen LogP contribution in [0.25, 0.3) is 17.0 Å². The van der Waals surface area contributed by atoms with Crippen molar-refractivity contribution in [2.75, 3.05) is 20.3 Å². The number of nitrogens with zero attached hydrogens (tertiary/aromatic N) is 4. The van der Waals surface area contributed by atoms with Crippen LogP contribution in [-0.2, 0) is 0 Å². The molecule has 0 spiro atoms. The second-order valence-corrected chi connectivity index (χ2v) is 6.81. The van der Waals surface area contributed by atoms with Gasteiger partial charge >= 0.3 is 0 Å². The molecule has 2 aromatic carbocycles. The van der Waals surface area contributed by atoms with Gasteiger partial charge in [-0.05, 0) is 30.3 Å². The lowest BCUT2D eigenvalue weighted by Crippen LogP contribution is -2.29. The zero-order valence-corrected chi connectivity index (χ0v) is 17.1. The predicted molar refractivity (Wildman–Crippen MR) is 112 cm³/mol. The number of halogens is 2. The van der Waals surface area contributed by atoms with E-state index in [-0.39, 0.29) is 23.7 Å². The normalized spacial score (nSPS) is 10.8. The van der Waals surface area contributed by atoms with E-state index in [0.29, 0.717) is 23.1 Å². The van der Waals surface area contributed by atoms with E-state index in [1.807, 2.05) is 24.3 Å². The van der Waals surface area contributed by atoms with Crippen LogP contribution in [-0.4, -0.2) is 46.0 Å². The Morgan fingerprint density at radius 1 is 1.16 bits per heavy atom. The summed E-state index contributed by atoms with van der Waals surface area (Å²) < 4.78 is 26.2. The van der Waals surface area contributed by atoms with E-state index in [9.17, 15) is 9.18 Å².